The van der Waals surface area contributed by atoms with E-state index >= 15 is 0 Å². The van der Waals surface area contributed by atoms with Gasteiger partial charge >= 0.3 is 0 Å². The van der Waals surface area contributed by atoms with Gasteiger partial charge in [-0.05, 0) is 42.0 Å². The van der Waals surface area contributed by atoms with Gasteiger partial charge in [0.2, 0.25) is 0 Å². The van der Waals surface area contributed by atoms with Gasteiger partial charge in [-0.3, -0.25) is 14.6 Å². The third kappa shape index (κ3) is 4.42. The number of carbonyl (C=O) groups is 1. The van der Waals surface area contributed by atoms with Crippen molar-refractivity contribution in [1.29, 1.82) is 0 Å². The minimum Gasteiger partial charge on any atom is -0.354 e. The molecule has 9 heteroatoms. The molecule has 0 saturated heterocycles. The van der Waals surface area contributed by atoms with Gasteiger partial charge in [0, 0.05) is 42.4 Å². The zero-order valence-corrected chi connectivity index (χ0v) is 17.7. The first-order chi connectivity index (χ1) is 15.2. The fraction of sp³-hybridized carbons (Fsp3) is 0.0870. The van der Waals surface area contributed by atoms with Crippen LogP contribution >= 0.6 is 0 Å². The Hall–Kier alpha value is -3.85. The van der Waals surface area contributed by atoms with Crippen LogP contribution in [0.4, 0.5) is 4.39 Å². The predicted octanol–water partition coefficient (Wildman–Crippen LogP) is 3.06. The van der Waals surface area contributed by atoms with Crippen LogP contribution in [0.15, 0.2) is 76.7 Å². The molecule has 2 heterocycles. The fourth-order valence-corrected chi connectivity index (χ4v) is 4.21. The number of rotatable bonds is 5. The normalized spacial score (nSPS) is 11.4. The van der Waals surface area contributed by atoms with Crippen molar-refractivity contribution < 1.29 is 17.6 Å². The highest BCUT2D eigenvalue weighted by molar-refractivity contribution is 7.90. The molecule has 0 unspecified atom stereocenters. The van der Waals surface area contributed by atoms with E-state index in [4.69, 9.17) is 0 Å². The van der Waals surface area contributed by atoms with Crippen LogP contribution in [-0.2, 0) is 16.4 Å². The van der Waals surface area contributed by atoms with Crippen molar-refractivity contribution in [2.45, 2.75) is 11.4 Å². The maximum Gasteiger partial charge on any atom is 0.251 e. The summed E-state index contributed by atoms with van der Waals surface area (Å²) in [7, 11) is -3.65. The Morgan fingerprint density at radius 3 is 2.56 bits per heavy atom. The molecule has 2 N–H and O–H groups in total. The number of amides is 1. The number of fused-ring (bicyclic) bond motifs is 1. The first kappa shape index (κ1) is 21.4. The highest BCUT2D eigenvalue weighted by atomic mass is 32.2. The molecule has 0 fully saturated rings. The first-order valence-corrected chi connectivity index (χ1v) is 11.5. The molecule has 0 aliphatic carbocycles. The van der Waals surface area contributed by atoms with Crippen molar-refractivity contribution in [1.82, 2.24) is 15.3 Å². The van der Waals surface area contributed by atoms with E-state index in [1.165, 1.54) is 48.8 Å². The highest BCUT2D eigenvalue weighted by Gasteiger charge is 2.19. The van der Waals surface area contributed by atoms with Crippen molar-refractivity contribution in [3.05, 3.63) is 94.2 Å². The lowest BCUT2D eigenvalue weighted by atomic mass is 10.1. The summed E-state index contributed by atoms with van der Waals surface area (Å²) in [6.07, 6.45) is 4.00. The summed E-state index contributed by atoms with van der Waals surface area (Å²) in [6.45, 7) is 0.169. The summed E-state index contributed by atoms with van der Waals surface area (Å²) in [5.74, 6) is -0.816. The summed E-state index contributed by atoms with van der Waals surface area (Å²) in [6, 6.07) is 12.8. The topological polar surface area (TPSA) is 109 Å². The third-order valence-corrected chi connectivity index (χ3v) is 6.08. The van der Waals surface area contributed by atoms with Gasteiger partial charge in [-0.1, -0.05) is 12.1 Å². The van der Waals surface area contributed by atoms with Crippen LogP contribution in [0.5, 0.6) is 0 Å². The Morgan fingerprint density at radius 1 is 1.09 bits per heavy atom. The zero-order chi connectivity index (χ0) is 22.9. The van der Waals surface area contributed by atoms with Crippen LogP contribution in [0.3, 0.4) is 0 Å². The smallest absolute Gasteiger partial charge is 0.251 e. The molecule has 0 radical (unpaired) electrons. The molecule has 0 saturated carbocycles. The summed E-state index contributed by atoms with van der Waals surface area (Å²) >= 11 is 0. The quantitative estimate of drug-likeness (QED) is 0.485. The van der Waals surface area contributed by atoms with Crippen LogP contribution < -0.4 is 10.7 Å². The predicted molar refractivity (Wildman–Crippen MR) is 118 cm³/mol. The molecule has 32 heavy (non-hydrogen) atoms. The molecule has 7 nitrogen and oxygen atoms in total. The summed E-state index contributed by atoms with van der Waals surface area (Å²) in [5.41, 5.74) is 1.56. The zero-order valence-electron chi connectivity index (χ0n) is 16.9. The van der Waals surface area contributed by atoms with Crippen LogP contribution in [0.25, 0.3) is 22.2 Å². The number of aromatic amines is 1. The van der Waals surface area contributed by atoms with E-state index in [9.17, 15) is 22.4 Å². The van der Waals surface area contributed by atoms with Crippen molar-refractivity contribution in [3.63, 3.8) is 0 Å². The molecular formula is C23H18FN3O4S. The van der Waals surface area contributed by atoms with Gasteiger partial charge in [0.05, 0.1) is 21.5 Å². The van der Waals surface area contributed by atoms with E-state index in [0.717, 1.165) is 6.26 Å². The van der Waals surface area contributed by atoms with Gasteiger partial charge in [-0.25, -0.2) is 12.8 Å². The van der Waals surface area contributed by atoms with Gasteiger partial charge in [0.1, 0.15) is 5.82 Å². The Kier molecular flexibility index (Phi) is 5.58. The molecule has 0 spiro atoms. The number of benzene rings is 2. The number of aromatic nitrogens is 2. The average Bonchev–Trinajstić information content (AvgIpc) is 2.77. The van der Waals surface area contributed by atoms with Crippen LogP contribution in [-0.4, -0.2) is 30.5 Å². The maximum absolute atomic E-state index is 13.1. The van der Waals surface area contributed by atoms with Crippen molar-refractivity contribution in [2.75, 3.05) is 6.26 Å². The van der Waals surface area contributed by atoms with Crippen molar-refractivity contribution in [2.24, 2.45) is 0 Å². The number of sulfone groups is 1. The van der Waals surface area contributed by atoms with Gasteiger partial charge in [-0.15, -0.1) is 0 Å². The SMILES string of the molecule is CS(=O)(=O)c1ccc(C(=O)NCc2ccc(F)cc2)cc1-c1cc(=O)c2cnccc2[nH]1. The van der Waals surface area contributed by atoms with Crippen LogP contribution in [0.1, 0.15) is 15.9 Å². The van der Waals surface area contributed by atoms with Gasteiger partial charge in [-0.2, -0.15) is 0 Å². The standard InChI is InChI=1S/C23H18FN3O4S/c1-32(30,31)22-7-4-15(23(29)26-12-14-2-5-16(24)6-3-14)10-17(22)20-11-21(28)18-13-25-9-8-19(18)27-20/h2-11,13H,12H2,1H3,(H,26,29)(H,27,28). The number of nitrogens with zero attached hydrogens (tertiary/aromatic N) is 1. The minimum absolute atomic E-state index is 0.0170. The molecule has 4 aromatic rings. The number of H-pyrrole nitrogens is 1. The lowest BCUT2D eigenvalue weighted by Gasteiger charge is -2.12. The summed E-state index contributed by atoms with van der Waals surface area (Å²) in [5, 5.41) is 3.09. The monoisotopic (exact) mass is 451 g/mol. The number of halogens is 1. The second-order valence-corrected chi connectivity index (χ2v) is 9.24. The van der Waals surface area contributed by atoms with E-state index in [1.54, 1.807) is 18.2 Å². The first-order valence-electron chi connectivity index (χ1n) is 9.56. The number of carbonyl (C=O) groups excluding carboxylic acids is 1. The highest BCUT2D eigenvalue weighted by Crippen LogP contribution is 2.28. The van der Waals surface area contributed by atoms with Gasteiger partial charge in [0.25, 0.3) is 5.91 Å². The number of pyridine rings is 2. The summed E-state index contributed by atoms with van der Waals surface area (Å²) in [4.78, 5) is 32.2. The largest absolute Gasteiger partial charge is 0.354 e. The molecule has 0 aliphatic rings. The fourth-order valence-electron chi connectivity index (χ4n) is 3.33. The molecule has 0 atom stereocenters. The molecule has 2 aromatic heterocycles. The van der Waals surface area contributed by atoms with Crippen molar-refractivity contribution in [3.8, 4) is 11.3 Å². The molecule has 4 rings (SSSR count). The molecule has 0 aliphatic heterocycles. The molecule has 2 aromatic carbocycles. The lowest BCUT2D eigenvalue weighted by molar-refractivity contribution is 0.0951. The van der Waals surface area contributed by atoms with E-state index in [-0.39, 0.29) is 39.5 Å². The number of hydrogen-bond donors (Lipinski definition) is 2. The second-order valence-electron chi connectivity index (χ2n) is 7.26. The second kappa shape index (κ2) is 8.35. The lowest BCUT2D eigenvalue weighted by Crippen LogP contribution is -2.23. The number of hydrogen-bond acceptors (Lipinski definition) is 5. The van der Waals surface area contributed by atoms with E-state index in [0.29, 0.717) is 16.5 Å². The summed E-state index contributed by atoms with van der Waals surface area (Å²) < 4.78 is 37.8. The minimum atomic E-state index is -3.65. The van der Waals surface area contributed by atoms with Gasteiger partial charge < -0.3 is 10.3 Å². The van der Waals surface area contributed by atoms with E-state index in [2.05, 4.69) is 15.3 Å². The Balaban J connectivity index is 1.74. The Labute approximate surface area is 182 Å². The van der Waals surface area contributed by atoms with Crippen LogP contribution in [0.2, 0.25) is 0 Å². The molecule has 0 bridgehead atoms. The average molecular weight is 451 g/mol. The third-order valence-electron chi connectivity index (χ3n) is 4.93. The Morgan fingerprint density at radius 2 is 1.84 bits per heavy atom. The van der Waals surface area contributed by atoms with Gasteiger partial charge in [0.15, 0.2) is 15.3 Å². The van der Waals surface area contributed by atoms with Crippen molar-refractivity contribution >= 4 is 26.6 Å². The van der Waals surface area contributed by atoms with E-state index in [1.807, 2.05) is 0 Å². The molecule has 162 valence electrons. The number of nitrogens with one attached hydrogen (secondary N) is 2. The molecule has 1 amide bonds. The van der Waals surface area contributed by atoms with Crippen LogP contribution in [0, 0.1) is 5.82 Å². The maximum atomic E-state index is 13.1. The Bertz CT molecular complexity index is 1500. The van der Waals surface area contributed by atoms with E-state index < -0.39 is 15.7 Å². The molecular weight excluding hydrogens is 433 g/mol.